The molecule has 0 aliphatic rings. The Morgan fingerprint density at radius 3 is 2.33 bits per heavy atom. The van der Waals surface area contributed by atoms with Crippen LogP contribution >= 0.6 is 11.6 Å². The lowest BCUT2D eigenvalue weighted by Gasteiger charge is -2.18. The van der Waals surface area contributed by atoms with Gasteiger partial charge in [0.05, 0.1) is 36.0 Å². The Bertz CT molecular complexity index is 2130. The van der Waals surface area contributed by atoms with Crippen LogP contribution in [0.5, 0.6) is 17.2 Å². The molecule has 5 rings (SSSR count). The number of ether oxygens (including phenoxy) is 3. The molecule has 15 heteroatoms. The van der Waals surface area contributed by atoms with Gasteiger partial charge in [0.2, 0.25) is 0 Å². The van der Waals surface area contributed by atoms with Gasteiger partial charge < -0.3 is 35.1 Å². The van der Waals surface area contributed by atoms with Crippen molar-refractivity contribution in [3.05, 3.63) is 117 Å². The molecule has 14 nitrogen and oxygen atoms in total. The quantitative estimate of drug-likeness (QED) is 0.0733. The van der Waals surface area contributed by atoms with Gasteiger partial charge in [-0.3, -0.25) is 19.3 Å². The molecule has 0 saturated heterocycles. The number of hydrogen-bond donors (Lipinski definition) is 4. The topological polar surface area (TPSA) is 194 Å². The van der Waals surface area contributed by atoms with Crippen molar-refractivity contribution < 1.29 is 34.0 Å². The Morgan fingerprint density at radius 1 is 0.852 bits per heavy atom. The molecule has 0 amide bonds. The van der Waals surface area contributed by atoms with Crippen molar-refractivity contribution in [2.24, 2.45) is 0 Å². The first-order chi connectivity index (χ1) is 26.1. The lowest BCUT2D eigenvalue weighted by atomic mass is 9.93. The molecular formula is C39H40ClN7O7. The molecule has 280 valence electrons. The Hall–Kier alpha value is -6.01. The van der Waals surface area contributed by atoms with Gasteiger partial charge in [0, 0.05) is 61.8 Å². The summed E-state index contributed by atoms with van der Waals surface area (Å²) in [6.07, 6.45) is 5.56. The van der Waals surface area contributed by atoms with Crippen LogP contribution < -0.4 is 24.8 Å². The number of carboxylic acids is 2. The molecule has 0 spiro atoms. The molecular weight excluding hydrogens is 714 g/mol. The number of pyridine rings is 1. The number of halogens is 1. The summed E-state index contributed by atoms with van der Waals surface area (Å²) in [5.74, 6) is -0.300. The second-order valence-electron chi connectivity index (χ2n) is 12.3. The van der Waals surface area contributed by atoms with E-state index in [0.717, 1.165) is 33.6 Å². The van der Waals surface area contributed by atoms with E-state index in [1.165, 1.54) is 6.20 Å². The summed E-state index contributed by atoms with van der Waals surface area (Å²) in [6, 6.07) is 19.1. The van der Waals surface area contributed by atoms with Gasteiger partial charge in [-0.25, -0.2) is 0 Å². The number of aromatic nitrogens is 4. The van der Waals surface area contributed by atoms with Gasteiger partial charge in [0.1, 0.15) is 36.5 Å². The second-order valence-corrected chi connectivity index (χ2v) is 12.8. The number of nitrogens with one attached hydrogen (secondary N) is 2. The molecule has 0 aliphatic heterocycles. The number of carbonyl (C=O) groups is 2. The fraction of sp³-hybridized carbons (Fsp3) is 0.282. The smallest absolute Gasteiger partial charge is 0.317 e. The molecule has 54 heavy (non-hydrogen) atoms. The average molecular weight is 754 g/mol. The molecule has 0 saturated carbocycles. The molecule has 0 unspecified atom stereocenters. The monoisotopic (exact) mass is 753 g/mol. The van der Waals surface area contributed by atoms with E-state index in [2.05, 4.69) is 44.1 Å². The average Bonchev–Trinajstić information content (AvgIpc) is 3.61. The number of carboxylic acid groups (broad SMARTS) is 2. The van der Waals surface area contributed by atoms with Crippen LogP contribution in [0.3, 0.4) is 0 Å². The third-order valence-corrected chi connectivity index (χ3v) is 8.68. The van der Waals surface area contributed by atoms with E-state index in [1.807, 2.05) is 38.1 Å². The minimum absolute atomic E-state index is 0.122. The van der Waals surface area contributed by atoms with E-state index >= 15 is 0 Å². The van der Waals surface area contributed by atoms with E-state index in [1.54, 1.807) is 35.3 Å². The van der Waals surface area contributed by atoms with Gasteiger partial charge >= 0.3 is 11.9 Å². The summed E-state index contributed by atoms with van der Waals surface area (Å²) in [4.78, 5) is 25.9. The zero-order valence-electron chi connectivity index (χ0n) is 29.8. The largest absolute Gasteiger partial charge is 0.493 e. The lowest BCUT2D eigenvalue weighted by molar-refractivity contribution is -0.137. The van der Waals surface area contributed by atoms with E-state index in [4.69, 9.17) is 36.0 Å². The fourth-order valence-electron chi connectivity index (χ4n) is 5.64. The summed E-state index contributed by atoms with van der Waals surface area (Å²) < 4.78 is 20.3. The van der Waals surface area contributed by atoms with Crippen molar-refractivity contribution in [3.8, 4) is 34.4 Å². The highest BCUT2D eigenvalue weighted by Gasteiger charge is 2.16. The summed E-state index contributed by atoms with van der Waals surface area (Å²) in [6.45, 7) is 5.62. The summed E-state index contributed by atoms with van der Waals surface area (Å²) in [5, 5.41) is 41.3. The molecule has 0 fully saturated rings. The van der Waals surface area contributed by atoms with Gasteiger partial charge in [0.15, 0.2) is 0 Å². The van der Waals surface area contributed by atoms with E-state index in [0.29, 0.717) is 65.0 Å². The standard InChI is InChI=1S/C39H40ClN7O7/c1-25-29(24-54-37-14-36(30(13-34(37)40)18-43-20-38(48)49)53-23-28-12-27(15-41)16-42-17-28)6-3-7-32(25)33-8-4-9-35(26(33)2)52-11-5-10-47-22-31(45-46-47)19-44-21-39(50)51/h3-4,6-9,12-14,16-17,22,43-44H,5,10-11,18-21,23-24H2,1-2H3,(H,48,49)(H,50,51). The molecule has 4 N–H and O–H groups in total. The summed E-state index contributed by atoms with van der Waals surface area (Å²) >= 11 is 6.67. The maximum atomic E-state index is 11.1. The molecule has 3 aromatic carbocycles. The minimum Gasteiger partial charge on any atom is -0.493 e. The van der Waals surface area contributed by atoms with Gasteiger partial charge in [-0.15, -0.1) is 5.10 Å². The number of aryl methyl sites for hydroxylation is 1. The molecule has 0 bridgehead atoms. The van der Waals surface area contributed by atoms with Gasteiger partial charge in [-0.1, -0.05) is 47.1 Å². The van der Waals surface area contributed by atoms with Crippen LogP contribution in [0.1, 0.15) is 45.5 Å². The van der Waals surface area contributed by atoms with Crippen LogP contribution in [-0.4, -0.2) is 61.8 Å². The van der Waals surface area contributed by atoms with Crippen molar-refractivity contribution in [1.29, 1.82) is 5.26 Å². The van der Waals surface area contributed by atoms with Crippen LogP contribution in [-0.2, 0) is 42.4 Å². The fourth-order valence-corrected chi connectivity index (χ4v) is 5.88. The predicted octanol–water partition coefficient (Wildman–Crippen LogP) is 5.46. The molecule has 2 aromatic heterocycles. The number of rotatable bonds is 20. The van der Waals surface area contributed by atoms with E-state index < -0.39 is 11.9 Å². The Kier molecular flexibility index (Phi) is 13.9. The third-order valence-electron chi connectivity index (χ3n) is 8.39. The molecule has 5 aromatic rings. The summed E-state index contributed by atoms with van der Waals surface area (Å²) in [7, 11) is 0. The Labute approximate surface area is 317 Å². The second kappa shape index (κ2) is 19.2. The zero-order chi connectivity index (χ0) is 38.5. The van der Waals surface area contributed by atoms with Crippen LogP contribution in [0.4, 0.5) is 0 Å². The van der Waals surface area contributed by atoms with Crippen LogP contribution in [0.15, 0.2) is 73.2 Å². The molecule has 0 aliphatic carbocycles. The van der Waals surface area contributed by atoms with Gasteiger partial charge in [0.25, 0.3) is 0 Å². The maximum Gasteiger partial charge on any atom is 0.317 e. The van der Waals surface area contributed by atoms with Gasteiger partial charge in [-0.05, 0) is 59.9 Å². The van der Waals surface area contributed by atoms with Crippen molar-refractivity contribution in [2.75, 3.05) is 19.7 Å². The minimum atomic E-state index is -0.990. The highest BCUT2D eigenvalue weighted by Crippen LogP contribution is 2.36. The van der Waals surface area contributed by atoms with Crippen molar-refractivity contribution in [1.82, 2.24) is 30.6 Å². The zero-order valence-corrected chi connectivity index (χ0v) is 30.6. The van der Waals surface area contributed by atoms with Gasteiger partial charge in [-0.2, -0.15) is 5.26 Å². The Morgan fingerprint density at radius 2 is 1.57 bits per heavy atom. The number of aliphatic carboxylic acids is 2. The molecule has 2 heterocycles. The number of benzene rings is 3. The number of hydrogen-bond acceptors (Lipinski definition) is 11. The normalized spacial score (nSPS) is 10.9. The van der Waals surface area contributed by atoms with E-state index in [9.17, 15) is 14.9 Å². The molecule has 0 atom stereocenters. The first kappa shape index (κ1) is 39.2. The van der Waals surface area contributed by atoms with Crippen LogP contribution in [0.2, 0.25) is 5.02 Å². The molecule has 0 radical (unpaired) electrons. The van der Waals surface area contributed by atoms with Crippen LogP contribution in [0, 0.1) is 25.2 Å². The third kappa shape index (κ3) is 11.0. The maximum absolute atomic E-state index is 11.1. The SMILES string of the molecule is Cc1c(COc2cc(OCc3cncc(C#N)c3)c(CNCC(=O)O)cc2Cl)cccc1-c1cccc(OCCCn2cc(CNCC(=O)O)nn2)c1C. The van der Waals surface area contributed by atoms with Crippen molar-refractivity contribution >= 4 is 23.5 Å². The first-order valence-corrected chi connectivity index (χ1v) is 17.5. The summed E-state index contributed by atoms with van der Waals surface area (Å²) in [5.41, 5.74) is 7.46. The Balaban J connectivity index is 1.24. The number of nitriles is 1. The van der Waals surface area contributed by atoms with Crippen molar-refractivity contribution in [3.63, 3.8) is 0 Å². The first-order valence-electron chi connectivity index (χ1n) is 17.1. The lowest BCUT2D eigenvalue weighted by Crippen LogP contribution is -2.22. The highest BCUT2D eigenvalue weighted by molar-refractivity contribution is 6.32. The van der Waals surface area contributed by atoms with E-state index in [-0.39, 0.29) is 32.8 Å². The highest BCUT2D eigenvalue weighted by atomic mass is 35.5. The number of nitrogens with zero attached hydrogens (tertiary/aromatic N) is 5. The predicted molar refractivity (Wildman–Crippen MR) is 199 cm³/mol. The van der Waals surface area contributed by atoms with Crippen LogP contribution in [0.25, 0.3) is 11.1 Å². The van der Waals surface area contributed by atoms with Crippen molar-refractivity contribution in [2.45, 2.75) is 53.1 Å².